The summed E-state index contributed by atoms with van der Waals surface area (Å²) in [5, 5.41) is 16.4. The minimum atomic E-state index is -0.517. The van der Waals surface area contributed by atoms with Gasteiger partial charge in [-0.15, -0.1) is 0 Å². The molecule has 1 saturated heterocycles. The van der Waals surface area contributed by atoms with E-state index >= 15 is 0 Å². The Hall–Kier alpha value is -2.94. The molecule has 0 aliphatic carbocycles. The molecule has 9 nitrogen and oxygen atoms in total. The summed E-state index contributed by atoms with van der Waals surface area (Å²) in [5.41, 5.74) is 0.650. The van der Waals surface area contributed by atoms with Crippen molar-refractivity contribution < 1.29 is 19.4 Å². The monoisotopic (exact) mass is 345 g/mol. The quantitative estimate of drug-likeness (QED) is 0.794. The van der Waals surface area contributed by atoms with E-state index in [0.29, 0.717) is 18.8 Å². The highest BCUT2D eigenvalue weighted by Gasteiger charge is 2.36. The van der Waals surface area contributed by atoms with E-state index in [9.17, 15) is 14.7 Å². The Balaban J connectivity index is 1.64. The van der Waals surface area contributed by atoms with E-state index in [2.05, 4.69) is 15.4 Å². The van der Waals surface area contributed by atoms with Gasteiger partial charge in [0.2, 0.25) is 11.8 Å². The van der Waals surface area contributed by atoms with Crippen LogP contribution in [-0.4, -0.2) is 51.9 Å². The van der Waals surface area contributed by atoms with E-state index in [0.717, 1.165) is 0 Å². The van der Waals surface area contributed by atoms with Crippen molar-refractivity contribution in [1.82, 2.24) is 14.8 Å². The number of ether oxygens (including phenoxy) is 1. The Labute approximate surface area is 144 Å². The first kappa shape index (κ1) is 16.9. The van der Waals surface area contributed by atoms with Crippen LogP contribution < -0.4 is 10.2 Å². The molecule has 1 fully saturated rings. The molecule has 1 atom stereocenters. The van der Waals surface area contributed by atoms with E-state index in [4.69, 9.17) is 4.74 Å². The maximum absolute atomic E-state index is 12.4. The average molecular weight is 345 g/mol. The molecule has 25 heavy (non-hydrogen) atoms. The molecule has 3 heterocycles. The SMILES string of the molecule is COCCn1cc(N2CC(C(=O)Nc3ncccc3O)CC2=O)cn1. The zero-order valence-corrected chi connectivity index (χ0v) is 13.8. The molecule has 132 valence electrons. The Bertz CT molecular complexity index is 775. The van der Waals surface area contributed by atoms with Crippen molar-refractivity contribution in [3.05, 3.63) is 30.7 Å². The minimum absolute atomic E-state index is 0.0887. The van der Waals surface area contributed by atoms with E-state index < -0.39 is 5.92 Å². The van der Waals surface area contributed by atoms with E-state index in [-0.39, 0.29) is 36.3 Å². The molecule has 0 saturated carbocycles. The van der Waals surface area contributed by atoms with Gasteiger partial charge < -0.3 is 20.1 Å². The van der Waals surface area contributed by atoms with Crippen molar-refractivity contribution in [3.8, 4) is 5.75 Å². The summed E-state index contributed by atoms with van der Waals surface area (Å²) < 4.78 is 6.68. The van der Waals surface area contributed by atoms with Crippen LogP contribution in [0.15, 0.2) is 30.7 Å². The molecule has 9 heteroatoms. The lowest BCUT2D eigenvalue weighted by molar-refractivity contribution is -0.122. The summed E-state index contributed by atoms with van der Waals surface area (Å²) in [6.45, 7) is 1.36. The standard InChI is InChI=1S/C16H19N5O4/c1-25-6-5-20-10-12(8-18-20)21-9-11(7-14(21)23)16(24)19-15-13(22)3-2-4-17-15/h2-4,8,10-11,22H,5-7,9H2,1H3,(H,17,19,24). The number of nitrogens with one attached hydrogen (secondary N) is 1. The smallest absolute Gasteiger partial charge is 0.231 e. The first-order valence-corrected chi connectivity index (χ1v) is 7.85. The number of anilines is 2. The summed E-state index contributed by atoms with van der Waals surface area (Å²) >= 11 is 0. The van der Waals surface area contributed by atoms with Gasteiger partial charge >= 0.3 is 0 Å². The number of amides is 2. The number of nitrogens with zero attached hydrogens (tertiary/aromatic N) is 4. The van der Waals surface area contributed by atoms with Gasteiger partial charge in [-0.3, -0.25) is 14.3 Å². The van der Waals surface area contributed by atoms with Crippen molar-refractivity contribution in [2.24, 2.45) is 5.92 Å². The summed E-state index contributed by atoms with van der Waals surface area (Å²) in [4.78, 5) is 30.1. The fourth-order valence-corrected chi connectivity index (χ4v) is 2.64. The van der Waals surface area contributed by atoms with Crippen LogP contribution in [-0.2, 0) is 20.9 Å². The molecule has 0 aromatic carbocycles. The van der Waals surface area contributed by atoms with Crippen molar-refractivity contribution in [2.75, 3.05) is 30.5 Å². The summed E-state index contributed by atoms with van der Waals surface area (Å²) in [7, 11) is 1.61. The third-order valence-corrected chi connectivity index (χ3v) is 3.98. The van der Waals surface area contributed by atoms with Crippen molar-refractivity contribution in [1.29, 1.82) is 0 Å². The third-order valence-electron chi connectivity index (χ3n) is 3.98. The van der Waals surface area contributed by atoms with Gasteiger partial charge in [0.15, 0.2) is 11.6 Å². The van der Waals surface area contributed by atoms with E-state index in [1.165, 1.54) is 12.3 Å². The maximum Gasteiger partial charge on any atom is 0.231 e. The molecule has 2 aromatic rings. The Morgan fingerprint density at radius 2 is 2.36 bits per heavy atom. The van der Waals surface area contributed by atoms with Gasteiger partial charge in [0.05, 0.1) is 31.0 Å². The van der Waals surface area contributed by atoms with Crippen molar-refractivity contribution >= 4 is 23.3 Å². The van der Waals surface area contributed by atoms with Crippen LogP contribution in [0.3, 0.4) is 0 Å². The molecule has 1 aliphatic heterocycles. The zero-order chi connectivity index (χ0) is 17.8. The molecule has 1 aliphatic rings. The molecule has 2 aromatic heterocycles. The van der Waals surface area contributed by atoms with E-state index in [1.54, 1.807) is 35.2 Å². The van der Waals surface area contributed by atoms with Crippen LogP contribution in [0.25, 0.3) is 0 Å². The van der Waals surface area contributed by atoms with Crippen LogP contribution in [0.2, 0.25) is 0 Å². The lowest BCUT2D eigenvalue weighted by Crippen LogP contribution is -2.28. The second kappa shape index (κ2) is 7.31. The second-order valence-electron chi connectivity index (χ2n) is 5.72. The number of rotatable bonds is 6. The normalized spacial score (nSPS) is 17.1. The molecule has 1 unspecified atom stereocenters. The summed E-state index contributed by atoms with van der Waals surface area (Å²) in [6, 6.07) is 3.00. The van der Waals surface area contributed by atoms with Crippen LogP contribution in [0.4, 0.5) is 11.5 Å². The largest absolute Gasteiger partial charge is 0.504 e. The van der Waals surface area contributed by atoms with Gasteiger partial charge in [0.25, 0.3) is 0 Å². The molecule has 0 radical (unpaired) electrons. The maximum atomic E-state index is 12.4. The number of aromatic hydroxyl groups is 1. The average Bonchev–Trinajstić information content (AvgIpc) is 3.21. The molecular formula is C16H19N5O4. The highest BCUT2D eigenvalue weighted by Crippen LogP contribution is 2.26. The topological polar surface area (TPSA) is 110 Å². The minimum Gasteiger partial charge on any atom is -0.504 e. The molecule has 2 N–H and O–H groups in total. The van der Waals surface area contributed by atoms with Crippen LogP contribution in [0, 0.1) is 5.92 Å². The zero-order valence-electron chi connectivity index (χ0n) is 13.8. The predicted molar refractivity (Wildman–Crippen MR) is 89.1 cm³/mol. The summed E-state index contributed by atoms with van der Waals surface area (Å²) in [6.07, 6.45) is 4.92. The van der Waals surface area contributed by atoms with Gasteiger partial charge in [-0.05, 0) is 12.1 Å². The summed E-state index contributed by atoms with van der Waals surface area (Å²) in [5.74, 6) is -1.04. The van der Waals surface area contributed by atoms with Gasteiger partial charge in [0.1, 0.15) is 0 Å². The molecular weight excluding hydrogens is 326 g/mol. The fraction of sp³-hybridized carbons (Fsp3) is 0.375. The van der Waals surface area contributed by atoms with Crippen LogP contribution in [0.5, 0.6) is 5.75 Å². The number of carbonyl (C=O) groups excluding carboxylic acids is 2. The van der Waals surface area contributed by atoms with Gasteiger partial charge in [-0.1, -0.05) is 0 Å². The Morgan fingerprint density at radius 3 is 3.12 bits per heavy atom. The number of pyridine rings is 1. The fourth-order valence-electron chi connectivity index (χ4n) is 2.64. The number of hydrogen-bond acceptors (Lipinski definition) is 6. The number of hydrogen-bond donors (Lipinski definition) is 2. The Morgan fingerprint density at radius 1 is 1.52 bits per heavy atom. The lowest BCUT2D eigenvalue weighted by atomic mass is 10.1. The molecule has 0 bridgehead atoms. The van der Waals surface area contributed by atoms with Gasteiger partial charge in [-0.2, -0.15) is 5.10 Å². The predicted octanol–water partition coefficient (Wildman–Crippen LogP) is 0.622. The molecule has 2 amide bonds. The second-order valence-corrected chi connectivity index (χ2v) is 5.72. The highest BCUT2D eigenvalue weighted by molar-refractivity contribution is 6.03. The molecule has 3 rings (SSSR count). The van der Waals surface area contributed by atoms with Gasteiger partial charge in [0, 0.05) is 32.5 Å². The highest BCUT2D eigenvalue weighted by atomic mass is 16.5. The number of methoxy groups -OCH3 is 1. The first-order chi connectivity index (χ1) is 12.1. The first-order valence-electron chi connectivity index (χ1n) is 7.85. The Kier molecular flexibility index (Phi) is 4.94. The van der Waals surface area contributed by atoms with Crippen molar-refractivity contribution in [3.63, 3.8) is 0 Å². The van der Waals surface area contributed by atoms with E-state index in [1.807, 2.05) is 0 Å². The number of aromatic nitrogens is 3. The lowest BCUT2D eigenvalue weighted by Gasteiger charge is -2.14. The van der Waals surface area contributed by atoms with Crippen molar-refractivity contribution in [2.45, 2.75) is 13.0 Å². The third kappa shape index (κ3) is 3.77. The van der Waals surface area contributed by atoms with Crippen LogP contribution in [0.1, 0.15) is 6.42 Å². The van der Waals surface area contributed by atoms with Gasteiger partial charge in [-0.25, -0.2) is 4.98 Å². The molecule has 0 spiro atoms. The number of carbonyl (C=O) groups is 2. The van der Waals surface area contributed by atoms with Crippen LogP contribution >= 0.6 is 0 Å².